The first kappa shape index (κ1) is 45.8. The van der Waals surface area contributed by atoms with E-state index in [2.05, 4.69) is 26.6 Å². The molecule has 0 unspecified atom stereocenters. The van der Waals surface area contributed by atoms with Crippen LogP contribution >= 0.6 is 0 Å². The van der Waals surface area contributed by atoms with Gasteiger partial charge in [-0.3, -0.25) is 19.2 Å². The van der Waals surface area contributed by atoms with Crippen LogP contribution in [0.3, 0.4) is 0 Å². The third-order valence-electron chi connectivity index (χ3n) is 7.97. The summed E-state index contributed by atoms with van der Waals surface area (Å²) in [5.41, 5.74) is 5.73. The number of hydrogen-bond donors (Lipinski definition) is 6. The summed E-state index contributed by atoms with van der Waals surface area (Å²) < 4.78 is 10.3. The van der Waals surface area contributed by atoms with Crippen LogP contribution in [0.5, 0.6) is 0 Å². The Kier molecular flexibility index (Phi) is 20.0. The maximum Gasteiger partial charge on any atom is 0.408 e. The summed E-state index contributed by atoms with van der Waals surface area (Å²) in [6.07, 6.45) is 1.33. The summed E-state index contributed by atoms with van der Waals surface area (Å²) in [5.74, 6) is -3.35. The number of methoxy groups -OCH3 is 1. The average Bonchev–Trinajstić information content (AvgIpc) is 3.04. The Morgan fingerprint density at radius 1 is 0.673 bits per heavy atom. The molecular weight excluding hydrogens is 668 g/mol. The number of carbonyl (C=O) groups excluding carboxylic acids is 6. The van der Waals surface area contributed by atoms with Crippen molar-refractivity contribution in [3.8, 4) is 0 Å². The molecule has 5 atom stereocenters. The molecule has 0 fully saturated rings. The number of alkyl carbamates (subject to hydrolysis) is 1. The predicted octanol–water partition coefficient (Wildman–Crippen LogP) is 3.11. The van der Waals surface area contributed by atoms with Crippen molar-refractivity contribution in [2.45, 2.75) is 137 Å². The maximum atomic E-state index is 13.8. The molecule has 0 aliphatic heterocycles. The molecule has 0 heterocycles. The Hall–Kier alpha value is -4.20. The fourth-order valence-corrected chi connectivity index (χ4v) is 5.40. The van der Waals surface area contributed by atoms with Crippen LogP contribution in [-0.4, -0.2) is 85.2 Å². The predicted molar refractivity (Wildman–Crippen MR) is 200 cm³/mol. The minimum Gasteiger partial charge on any atom is -0.467 e. The highest BCUT2D eigenvalue weighted by Crippen LogP contribution is 2.13. The number of esters is 1. The van der Waals surface area contributed by atoms with E-state index in [4.69, 9.17) is 15.2 Å². The van der Waals surface area contributed by atoms with Gasteiger partial charge in [-0.25, -0.2) is 9.59 Å². The first-order chi connectivity index (χ1) is 24.3. The lowest BCUT2D eigenvalue weighted by atomic mass is 9.98. The van der Waals surface area contributed by atoms with Gasteiger partial charge in [-0.1, -0.05) is 71.9 Å². The molecule has 0 radical (unpaired) electrons. The van der Waals surface area contributed by atoms with E-state index in [9.17, 15) is 28.8 Å². The summed E-state index contributed by atoms with van der Waals surface area (Å²) in [4.78, 5) is 79.9. The van der Waals surface area contributed by atoms with E-state index >= 15 is 0 Å². The molecule has 0 saturated carbocycles. The van der Waals surface area contributed by atoms with Crippen LogP contribution in [0, 0.1) is 17.8 Å². The van der Waals surface area contributed by atoms with E-state index in [0.717, 1.165) is 5.56 Å². The second kappa shape index (κ2) is 22.7. The summed E-state index contributed by atoms with van der Waals surface area (Å²) in [6.45, 7) is 16.6. The second-order valence-corrected chi connectivity index (χ2v) is 15.4. The number of amides is 5. The van der Waals surface area contributed by atoms with Gasteiger partial charge in [0.25, 0.3) is 0 Å². The Morgan fingerprint density at radius 3 is 1.65 bits per heavy atom. The monoisotopic (exact) mass is 732 g/mol. The molecule has 7 N–H and O–H groups in total. The molecule has 14 nitrogen and oxygen atoms in total. The molecule has 0 aliphatic rings. The van der Waals surface area contributed by atoms with Gasteiger partial charge in [0, 0.05) is 6.42 Å². The highest BCUT2D eigenvalue weighted by Gasteiger charge is 2.34. The number of ether oxygens (including phenoxy) is 2. The van der Waals surface area contributed by atoms with Crippen LogP contribution in [0.2, 0.25) is 0 Å². The van der Waals surface area contributed by atoms with E-state index in [1.807, 2.05) is 58.0 Å². The molecule has 1 aromatic carbocycles. The van der Waals surface area contributed by atoms with Crippen LogP contribution in [0.15, 0.2) is 30.3 Å². The van der Waals surface area contributed by atoms with Gasteiger partial charge >= 0.3 is 12.1 Å². The quantitative estimate of drug-likeness (QED) is 0.0810. The summed E-state index contributed by atoms with van der Waals surface area (Å²) in [6, 6.07) is 4.05. The van der Waals surface area contributed by atoms with Crippen molar-refractivity contribution in [3.63, 3.8) is 0 Å². The molecule has 0 bridgehead atoms. The van der Waals surface area contributed by atoms with E-state index in [1.54, 1.807) is 34.6 Å². The zero-order valence-corrected chi connectivity index (χ0v) is 32.8. The van der Waals surface area contributed by atoms with Gasteiger partial charge in [0.2, 0.25) is 23.6 Å². The smallest absolute Gasteiger partial charge is 0.408 e. The van der Waals surface area contributed by atoms with Crippen LogP contribution in [0.25, 0.3) is 0 Å². The number of unbranched alkanes of at least 4 members (excludes halogenated alkanes) is 1. The fourth-order valence-electron chi connectivity index (χ4n) is 5.40. The first-order valence-electron chi connectivity index (χ1n) is 18.3. The molecule has 0 aliphatic carbocycles. The van der Waals surface area contributed by atoms with Gasteiger partial charge in [-0.2, -0.15) is 0 Å². The summed E-state index contributed by atoms with van der Waals surface area (Å²) >= 11 is 0. The van der Waals surface area contributed by atoms with Gasteiger partial charge in [0.15, 0.2) is 0 Å². The molecular formula is C38H64N6O8. The number of nitrogens with two attached hydrogens (primary N) is 1. The van der Waals surface area contributed by atoms with E-state index in [-0.39, 0.29) is 31.1 Å². The maximum absolute atomic E-state index is 13.8. The molecule has 14 heteroatoms. The van der Waals surface area contributed by atoms with Crippen molar-refractivity contribution in [3.05, 3.63) is 35.9 Å². The van der Waals surface area contributed by atoms with Crippen molar-refractivity contribution in [1.82, 2.24) is 26.6 Å². The highest BCUT2D eigenvalue weighted by molar-refractivity contribution is 5.96. The zero-order valence-electron chi connectivity index (χ0n) is 32.8. The number of nitrogens with one attached hydrogen (secondary N) is 5. The Bertz CT molecular complexity index is 1300. The SMILES string of the molecule is COC(=O)[C@@H](Cc1ccccc1)NC(=O)[C@@H](CC(C)C)NC(=O)[C@H](NC(=O)[C@H](CCCCN)NC(=O)[C@H](CC(C)C)NC(=O)OC(C)(C)C)C(C)C. The minimum atomic E-state index is -1.07. The number of rotatable bonds is 21. The third kappa shape index (κ3) is 17.8. The van der Waals surface area contributed by atoms with Crippen molar-refractivity contribution < 1.29 is 38.2 Å². The standard InChI is InChI=1S/C38H64N6O8/c1-23(2)20-28(33(46)42-30(36(49)51-10)22-26-16-12-11-13-17-26)41-35(48)31(25(5)6)44-32(45)27(18-14-15-19-39)40-34(47)29(21-24(3)4)43-37(50)52-38(7,8)9/h11-13,16-17,23-25,27-31H,14-15,18-22,39H2,1-10H3,(H,40,47)(H,41,48)(H,42,46)(H,43,50)(H,44,45)/t27-,28+,29-,30+,31+/m0/s1. The van der Waals surface area contributed by atoms with Crippen molar-refractivity contribution in [1.29, 1.82) is 0 Å². The Balaban J connectivity index is 3.23. The minimum absolute atomic E-state index is 0.0101. The Morgan fingerprint density at radius 2 is 1.17 bits per heavy atom. The van der Waals surface area contributed by atoms with E-state index in [0.29, 0.717) is 25.8 Å². The van der Waals surface area contributed by atoms with Gasteiger partial charge < -0.3 is 41.8 Å². The van der Waals surface area contributed by atoms with E-state index in [1.165, 1.54) is 7.11 Å². The van der Waals surface area contributed by atoms with Crippen LogP contribution in [0.1, 0.15) is 100.0 Å². The van der Waals surface area contributed by atoms with Crippen LogP contribution < -0.4 is 32.3 Å². The lowest BCUT2D eigenvalue weighted by Crippen LogP contribution is -2.60. The van der Waals surface area contributed by atoms with Crippen LogP contribution in [0.4, 0.5) is 4.79 Å². The first-order valence-corrected chi connectivity index (χ1v) is 18.3. The lowest BCUT2D eigenvalue weighted by Gasteiger charge is -2.29. The normalized spacial score (nSPS) is 14.4. The fraction of sp³-hybridized carbons (Fsp3) is 0.684. The molecule has 5 amide bonds. The zero-order chi connectivity index (χ0) is 39.6. The number of carbonyl (C=O) groups is 6. The van der Waals surface area contributed by atoms with Gasteiger partial charge in [0.1, 0.15) is 35.8 Å². The average molecular weight is 733 g/mol. The van der Waals surface area contributed by atoms with Crippen molar-refractivity contribution in [2.24, 2.45) is 23.5 Å². The summed E-state index contributed by atoms with van der Waals surface area (Å²) in [7, 11) is 1.24. The van der Waals surface area contributed by atoms with Gasteiger partial charge in [0.05, 0.1) is 7.11 Å². The van der Waals surface area contributed by atoms with E-state index < -0.39 is 77.4 Å². The third-order valence-corrected chi connectivity index (χ3v) is 7.97. The Labute approximate surface area is 309 Å². The highest BCUT2D eigenvalue weighted by atomic mass is 16.6. The molecule has 0 spiro atoms. The van der Waals surface area contributed by atoms with Gasteiger partial charge in [-0.05, 0) is 82.7 Å². The molecule has 294 valence electrons. The van der Waals surface area contributed by atoms with Crippen LogP contribution in [-0.2, 0) is 39.9 Å². The molecule has 52 heavy (non-hydrogen) atoms. The second-order valence-electron chi connectivity index (χ2n) is 15.4. The molecule has 0 saturated heterocycles. The topological polar surface area (TPSA) is 207 Å². The summed E-state index contributed by atoms with van der Waals surface area (Å²) in [5, 5.41) is 13.7. The molecule has 1 rings (SSSR count). The number of hydrogen-bond acceptors (Lipinski definition) is 9. The number of benzene rings is 1. The van der Waals surface area contributed by atoms with Gasteiger partial charge in [-0.15, -0.1) is 0 Å². The van der Waals surface area contributed by atoms with Crippen molar-refractivity contribution >= 4 is 35.7 Å². The van der Waals surface area contributed by atoms with Crippen molar-refractivity contribution in [2.75, 3.05) is 13.7 Å². The molecule has 0 aromatic heterocycles. The largest absolute Gasteiger partial charge is 0.467 e. The lowest BCUT2D eigenvalue weighted by molar-refractivity contribution is -0.145. The molecule has 1 aromatic rings.